The van der Waals surface area contributed by atoms with Gasteiger partial charge < -0.3 is 15.8 Å². The van der Waals surface area contributed by atoms with Gasteiger partial charge >= 0.3 is 6.03 Å². The zero-order valence-electron chi connectivity index (χ0n) is 12.9. The number of imide groups is 1. The number of nitrogens with one attached hydrogen (secondary N) is 1. The van der Waals surface area contributed by atoms with Crippen molar-refractivity contribution in [3.63, 3.8) is 0 Å². The van der Waals surface area contributed by atoms with Crippen molar-refractivity contribution in [3.8, 4) is 5.75 Å². The van der Waals surface area contributed by atoms with Crippen LogP contribution in [0.3, 0.4) is 0 Å². The normalized spacial score (nSPS) is 11.5. The third kappa shape index (κ3) is 4.82. The molecule has 0 fully saturated rings. The first-order valence-corrected chi connectivity index (χ1v) is 7.21. The van der Waals surface area contributed by atoms with Gasteiger partial charge in [-0.25, -0.2) is 4.79 Å². The molecule has 0 radical (unpaired) electrons. The van der Waals surface area contributed by atoms with Crippen LogP contribution in [-0.4, -0.2) is 19.0 Å². The van der Waals surface area contributed by atoms with Crippen molar-refractivity contribution in [1.29, 1.82) is 0 Å². The van der Waals surface area contributed by atoms with Crippen molar-refractivity contribution < 1.29 is 19.6 Å². The number of carbonyl (C=O) groups is 2. The minimum atomic E-state index is -0.853. The predicted molar refractivity (Wildman–Crippen MR) is 85.5 cm³/mol. The van der Waals surface area contributed by atoms with E-state index in [4.69, 9.17) is 10.5 Å². The van der Waals surface area contributed by atoms with Crippen LogP contribution in [0, 0.1) is 0 Å². The molecule has 0 bridgehead atoms. The van der Waals surface area contributed by atoms with Crippen LogP contribution < -0.4 is 21.1 Å². The Balaban J connectivity index is 2.10. The van der Waals surface area contributed by atoms with Crippen LogP contribution in [0.15, 0.2) is 54.6 Å². The SMILES string of the molecule is COc1ccc(C[NH2+][C@@H](C(=O)NC(N)=O)c2ccccc2)cc1. The maximum absolute atomic E-state index is 12.2. The molecule has 0 aliphatic carbocycles. The van der Waals surface area contributed by atoms with Crippen LogP contribution in [0.2, 0.25) is 0 Å². The summed E-state index contributed by atoms with van der Waals surface area (Å²) < 4.78 is 5.12. The number of hydrogen-bond donors (Lipinski definition) is 3. The van der Waals surface area contributed by atoms with E-state index in [1.807, 2.05) is 59.9 Å². The number of nitrogens with two attached hydrogens (primary N) is 2. The molecule has 6 nitrogen and oxygen atoms in total. The lowest BCUT2D eigenvalue weighted by Crippen LogP contribution is -2.86. The van der Waals surface area contributed by atoms with Crippen LogP contribution in [0.4, 0.5) is 4.79 Å². The Labute approximate surface area is 134 Å². The lowest BCUT2D eigenvalue weighted by molar-refractivity contribution is -0.698. The number of ether oxygens (including phenoxy) is 1. The molecule has 2 aromatic carbocycles. The lowest BCUT2D eigenvalue weighted by atomic mass is 10.1. The molecule has 0 aliphatic heterocycles. The van der Waals surface area contributed by atoms with Crippen molar-refractivity contribution >= 4 is 11.9 Å². The zero-order valence-corrected chi connectivity index (χ0v) is 12.9. The quantitative estimate of drug-likeness (QED) is 0.732. The van der Waals surface area contributed by atoms with E-state index in [0.29, 0.717) is 6.54 Å². The van der Waals surface area contributed by atoms with Crippen molar-refractivity contribution in [1.82, 2.24) is 5.32 Å². The van der Waals surface area contributed by atoms with Crippen LogP contribution in [-0.2, 0) is 11.3 Å². The molecule has 6 heteroatoms. The molecule has 2 aromatic rings. The Morgan fingerprint density at radius 2 is 1.78 bits per heavy atom. The third-order valence-electron chi connectivity index (χ3n) is 3.44. The average Bonchev–Trinajstić information content (AvgIpc) is 2.56. The Morgan fingerprint density at radius 3 is 2.35 bits per heavy atom. The highest BCUT2D eigenvalue weighted by Crippen LogP contribution is 2.12. The Morgan fingerprint density at radius 1 is 1.13 bits per heavy atom. The number of amides is 3. The summed E-state index contributed by atoms with van der Waals surface area (Å²) in [6.45, 7) is 0.579. The Hall–Kier alpha value is -2.86. The molecule has 23 heavy (non-hydrogen) atoms. The third-order valence-corrected chi connectivity index (χ3v) is 3.44. The van der Waals surface area contributed by atoms with E-state index in [-0.39, 0.29) is 0 Å². The highest BCUT2D eigenvalue weighted by molar-refractivity contribution is 5.96. The molecule has 1 atom stereocenters. The zero-order chi connectivity index (χ0) is 16.7. The Kier molecular flexibility index (Phi) is 5.71. The fourth-order valence-electron chi connectivity index (χ4n) is 2.27. The van der Waals surface area contributed by atoms with E-state index in [0.717, 1.165) is 16.9 Å². The number of benzene rings is 2. The van der Waals surface area contributed by atoms with E-state index in [1.165, 1.54) is 0 Å². The molecular weight excluding hydrogens is 294 g/mol. The molecule has 0 unspecified atom stereocenters. The van der Waals surface area contributed by atoms with E-state index >= 15 is 0 Å². The van der Waals surface area contributed by atoms with E-state index in [1.54, 1.807) is 7.11 Å². The van der Waals surface area contributed by atoms with Crippen LogP contribution in [0.25, 0.3) is 0 Å². The van der Waals surface area contributed by atoms with Crippen LogP contribution >= 0.6 is 0 Å². The number of quaternary nitrogens is 1. The lowest BCUT2D eigenvalue weighted by Gasteiger charge is -2.15. The topological polar surface area (TPSA) is 98.0 Å². The molecule has 0 saturated heterocycles. The molecule has 0 aliphatic rings. The Bertz CT molecular complexity index is 657. The van der Waals surface area contributed by atoms with Gasteiger partial charge in [0.2, 0.25) is 0 Å². The van der Waals surface area contributed by atoms with Gasteiger partial charge in [-0.15, -0.1) is 0 Å². The number of methoxy groups -OCH3 is 1. The molecular formula is C17H20N3O3+. The van der Waals surface area contributed by atoms with Crippen LogP contribution in [0.5, 0.6) is 5.75 Å². The maximum Gasteiger partial charge on any atom is 0.319 e. The highest BCUT2D eigenvalue weighted by Gasteiger charge is 2.24. The molecule has 0 heterocycles. The van der Waals surface area contributed by atoms with Gasteiger partial charge in [-0.05, 0) is 24.3 Å². The average molecular weight is 314 g/mol. The molecule has 3 amide bonds. The predicted octanol–water partition coefficient (Wildman–Crippen LogP) is 0.695. The largest absolute Gasteiger partial charge is 0.497 e. The summed E-state index contributed by atoms with van der Waals surface area (Å²) in [6.07, 6.45) is 0. The van der Waals surface area contributed by atoms with Gasteiger partial charge in [0.15, 0.2) is 6.04 Å². The smallest absolute Gasteiger partial charge is 0.319 e. The number of hydrogen-bond acceptors (Lipinski definition) is 3. The molecule has 0 spiro atoms. The van der Waals surface area contributed by atoms with Crippen molar-refractivity contribution in [2.75, 3.05) is 7.11 Å². The summed E-state index contributed by atoms with van der Waals surface area (Å²) in [4.78, 5) is 23.2. The standard InChI is InChI=1S/C17H19N3O3/c1-23-14-9-7-12(8-10-14)11-19-15(16(21)20-17(18)22)13-5-3-2-4-6-13/h2-10,15,19H,11H2,1H3,(H3,18,20,21,22)/p+1/t15-/m1/s1. The molecule has 0 aromatic heterocycles. The molecule has 2 rings (SSSR count). The summed E-state index contributed by atoms with van der Waals surface area (Å²) in [6, 6.07) is 15.4. The summed E-state index contributed by atoms with van der Waals surface area (Å²) >= 11 is 0. The number of rotatable bonds is 6. The first-order chi connectivity index (χ1) is 11.1. The second-order valence-electron chi connectivity index (χ2n) is 5.03. The molecule has 5 N–H and O–H groups in total. The summed E-state index contributed by atoms with van der Waals surface area (Å²) in [5.41, 5.74) is 6.90. The second kappa shape index (κ2) is 7.95. The van der Waals surface area contributed by atoms with Crippen molar-refractivity contribution in [2.45, 2.75) is 12.6 Å². The second-order valence-corrected chi connectivity index (χ2v) is 5.03. The van der Waals surface area contributed by atoms with Crippen molar-refractivity contribution in [3.05, 3.63) is 65.7 Å². The minimum Gasteiger partial charge on any atom is -0.497 e. The summed E-state index contributed by atoms with van der Waals surface area (Å²) in [5, 5.41) is 4.00. The van der Waals surface area contributed by atoms with E-state index in [2.05, 4.69) is 5.32 Å². The minimum absolute atomic E-state index is 0.433. The van der Waals surface area contributed by atoms with Gasteiger partial charge in [0.25, 0.3) is 5.91 Å². The fourth-order valence-corrected chi connectivity index (χ4v) is 2.27. The van der Waals surface area contributed by atoms with Crippen molar-refractivity contribution in [2.24, 2.45) is 5.73 Å². The number of carbonyl (C=O) groups excluding carboxylic acids is 2. The first-order valence-electron chi connectivity index (χ1n) is 7.21. The summed E-state index contributed by atoms with van der Waals surface area (Å²) in [7, 11) is 1.61. The molecule has 120 valence electrons. The van der Waals surface area contributed by atoms with Gasteiger partial charge in [0, 0.05) is 11.1 Å². The maximum atomic E-state index is 12.2. The number of primary amides is 1. The van der Waals surface area contributed by atoms with Gasteiger partial charge in [-0.3, -0.25) is 10.1 Å². The highest BCUT2D eigenvalue weighted by atomic mass is 16.5. The monoisotopic (exact) mass is 314 g/mol. The van der Waals surface area contributed by atoms with Gasteiger partial charge in [-0.2, -0.15) is 0 Å². The van der Waals surface area contributed by atoms with E-state index < -0.39 is 18.0 Å². The first kappa shape index (κ1) is 16.5. The van der Waals surface area contributed by atoms with Gasteiger partial charge in [0.05, 0.1) is 7.11 Å². The van der Waals surface area contributed by atoms with Crippen LogP contribution in [0.1, 0.15) is 17.2 Å². The fraction of sp³-hybridized carbons (Fsp3) is 0.176. The van der Waals surface area contributed by atoms with Gasteiger partial charge in [-0.1, -0.05) is 30.3 Å². The van der Waals surface area contributed by atoms with E-state index in [9.17, 15) is 9.59 Å². The van der Waals surface area contributed by atoms with Gasteiger partial charge in [0.1, 0.15) is 12.3 Å². The summed E-state index contributed by atoms with van der Waals surface area (Å²) in [5.74, 6) is 0.344. The molecule has 0 saturated carbocycles. The number of urea groups is 1.